The number of amides is 1. The lowest BCUT2D eigenvalue weighted by molar-refractivity contribution is -0.115. The predicted octanol–water partition coefficient (Wildman–Crippen LogP) is 3.21. The second-order valence-corrected chi connectivity index (χ2v) is 9.19. The van der Waals surface area contributed by atoms with E-state index in [4.69, 9.17) is 13.8 Å². The molecule has 2 fully saturated rings. The number of nitrogens with zero attached hydrogens (tertiary/aromatic N) is 1. The number of hydrogen-bond donors (Lipinski definition) is 1. The molecule has 1 N–H and O–H groups in total. The molecule has 1 aliphatic heterocycles. The normalized spacial score (nSPS) is 21.5. The zero-order chi connectivity index (χ0) is 20.2. The minimum absolute atomic E-state index is 0.0965. The maximum absolute atomic E-state index is 12.3. The summed E-state index contributed by atoms with van der Waals surface area (Å²) in [6.07, 6.45) is 2.47. The summed E-state index contributed by atoms with van der Waals surface area (Å²) in [5, 5.41) is 6.77. The number of carbonyl (C=O) groups excluding carboxylic acids is 1. The average Bonchev–Trinajstić information content (AvgIpc) is 3.09. The molecule has 6 nitrogen and oxygen atoms in total. The molecule has 0 bridgehead atoms. The molecule has 0 spiro atoms. The molecule has 0 radical (unpaired) electrons. The van der Waals surface area contributed by atoms with E-state index in [0.717, 1.165) is 29.6 Å². The Labute approximate surface area is 166 Å². The Balaban J connectivity index is 1.35. The number of rotatable bonds is 5. The lowest BCUT2D eigenvalue weighted by atomic mass is 9.79. The summed E-state index contributed by atoms with van der Waals surface area (Å²) in [5.74, 6) is 1.20. The minimum atomic E-state index is -0.398. The van der Waals surface area contributed by atoms with Gasteiger partial charge in [-0.3, -0.25) is 4.79 Å². The van der Waals surface area contributed by atoms with Crippen molar-refractivity contribution in [1.29, 1.82) is 0 Å². The van der Waals surface area contributed by atoms with Gasteiger partial charge in [0.05, 0.1) is 17.6 Å². The number of anilines is 1. The molecule has 28 heavy (non-hydrogen) atoms. The van der Waals surface area contributed by atoms with Crippen LogP contribution in [0.15, 0.2) is 34.9 Å². The summed E-state index contributed by atoms with van der Waals surface area (Å²) >= 11 is 0. The summed E-state index contributed by atoms with van der Waals surface area (Å²) in [4.78, 5) is 12.3. The third-order valence-electron chi connectivity index (χ3n) is 6.24. The average molecular weight is 382 g/mol. The molecular weight excluding hydrogens is 355 g/mol. The van der Waals surface area contributed by atoms with Crippen LogP contribution in [0.4, 0.5) is 5.82 Å². The number of benzene rings is 1. The van der Waals surface area contributed by atoms with Crippen LogP contribution in [-0.2, 0) is 25.9 Å². The van der Waals surface area contributed by atoms with Crippen LogP contribution in [-0.4, -0.2) is 29.4 Å². The highest BCUT2D eigenvalue weighted by atomic mass is 16.7. The van der Waals surface area contributed by atoms with Crippen molar-refractivity contribution in [1.82, 2.24) is 5.16 Å². The number of hydrogen-bond acceptors (Lipinski definition) is 5. The van der Waals surface area contributed by atoms with Crippen LogP contribution >= 0.6 is 0 Å². The van der Waals surface area contributed by atoms with Crippen LogP contribution in [0.5, 0.6) is 0 Å². The number of aromatic nitrogens is 1. The number of nitrogens with one attached hydrogen (secondary N) is 1. The van der Waals surface area contributed by atoms with Gasteiger partial charge in [-0.25, -0.2) is 0 Å². The number of carbonyl (C=O) groups is 1. The Morgan fingerprint density at radius 1 is 1.07 bits per heavy atom. The molecule has 2 aliphatic rings. The lowest BCUT2D eigenvalue weighted by Crippen LogP contribution is -2.41. The monoisotopic (exact) mass is 382 g/mol. The second kappa shape index (κ2) is 6.46. The molecule has 1 saturated heterocycles. The van der Waals surface area contributed by atoms with Crippen molar-refractivity contribution in [3.05, 3.63) is 41.7 Å². The molecule has 1 aromatic carbocycles. The lowest BCUT2D eigenvalue weighted by Gasteiger charge is -2.32. The Morgan fingerprint density at radius 2 is 1.68 bits per heavy atom. The van der Waals surface area contributed by atoms with E-state index in [0.29, 0.717) is 5.82 Å². The summed E-state index contributed by atoms with van der Waals surface area (Å²) in [5.41, 5.74) is 1.21. The van der Waals surface area contributed by atoms with Gasteiger partial charge in [0.15, 0.2) is 5.82 Å². The smallest absolute Gasteiger partial charge is 0.399 e. The third-order valence-corrected chi connectivity index (χ3v) is 6.24. The molecule has 1 aromatic heterocycles. The SMILES string of the molecule is CC1(c2cc(NC(=O)Cc3ccc(B4OC(C)(C)C(C)(C)O4)cc3)no2)CC1. The van der Waals surface area contributed by atoms with Gasteiger partial charge in [0.1, 0.15) is 5.76 Å². The van der Waals surface area contributed by atoms with Crippen molar-refractivity contribution in [2.45, 2.75) is 70.5 Å². The minimum Gasteiger partial charge on any atom is -0.399 e. The van der Waals surface area contributed by atoms with Gasteiger partial charge in [-0.15, -0.1) is 0 Å². The maximum Gasteiger partial charge on any atom is 0.494 e. The highest BCUT2D eigenvalue weighted by molar-refractivity contribution is 6.62. The zero-order valence-corrected chi connectivity index (χ0v) is 17.2. The predicted molar refractivity (Wildman–Crippen MR) is 108 cm³/mol. The fraction of sp³-hybridized carbons (Fsp3) is 0.524. The Kier molecular flexibility index (Phi) is 4.43. The second-order valence-electron chi connectivity index (χ2n) is 9.19. The maximum atomic E-state index is 12.3. The van der Waals surface area contributed by atoms with Gasteiger partial charge < -0.3 is 19.1 Å². The van der Waals surface area contributed by atoms with E-state index in [1.807, 2.05) is 58.0 Å². The zero-order valence-electron chi connectivity index (χ0n) is 17.2. The third kappa shape index (κ3) is 3.61. The fourth-order valence-corrected chi connectivity index (χ4v) is 3.20. The van der Waals surface area contributed by atoms with E-state index in [-0.39, 0.29) is 28.9 Å². The molecule has 2 aromatic rings. The molecule has 1 saturated carbocycles. The van der Waals surface area contributed by atoms with E-state index in [1.54, 1.807) is 0 Å². The van der Waals surface area contributed by atoms with Crippen LogP contribution in [0.1, 0.15) is 58.8 Å². The standard InChI is InChI=1S/C21H27BN2O4/c1-19(2)20(3,4)28-22(27-19)15-8-6-14(7-9-15)12-18(25)23-17-13-16(26-24-17)21(5)10-11-21/h6-9,13H,10-12H2,1-5H3,(H,23,24,25). The molecule has 1 amide bonds. The van der Waals surface area contributed by atoms with Crippen LogP contribution in [0.25, 0.3) is 0 Å². The van der Waals surface area contributed by atoms with E-state index in [1.165, 1.54) is 0 Å². The van der Waals surface area contributed by atoms with Gasteiger partial charge in [-0.05, 0) is 51.6 Å². The van der Waals surface area contributed by atoms with Crippen molar-refractivity contribution in [3.8, 4) is 0 Å². The Morgan fingerprint density at radius 3 is 2.25 bits per heavy atom. The van der Waals surface area contributed by atoms with Gasteiger partial charge in [0.25, 0.3) is 0 Å². The van der Waals surface area contributed by atoms with Crippen LogP contribution in [0, 0.1) is 0 Å². The largest absolute Gasteiger partial charge is 0.494 e. The highest BCUT2D eigenvalue weighted by Crippen LogP contribution is 2.48. The van der Waals surface area contributed by atoms with Crippen molar-refractivity contribution >= 4 is 24.3 Å². The van der Waals surface area contributed by atoms with Crippen molar-refractivity contribution < 1.29 is 18.6 Å². The van der Waals surface area contributed by atoms with Gasteiger partial charge in [-0.1, -0.05) is 36.3 Å². The highest BCUT2D eigenvalue weighted by Gasteiger charge is 2.51. The first-order chi connectivity index (χ1) is 13.1. The van der Waals surface area contributed by atoms with Crippen LogP contribution in [0.3, 0.4) is 0 Å². The first-order valence-corrected chi connectivity index (χ1v) is 9.80. The Hall–Kier alpha value is -2.12. The first-order valence-electron chi connectivity index (χ1n) is 9.80. The molecule has 4 rings (SSSR count). The van der Waals surface area contributed by atoms with Crippen molar-refractivity contribution in [2.24, 2.45) is 0 Å². The van der Waals surface area contributed by atoms with Crippen LogP contribution < -0.4 is 10.8 Å². The topological polar surface area (TPSA) is 73.6 Å². The van der Waals surface area contributed by atoms with Gasteiger partial charge >= 0.3 is 7.12 Å². The van der Waals surface area contributed by atoms with E-state index < -0.39 is 7.12 Å². The molecule has 1 aliphatic carbocycles. The van der Waals surface area contributed by atoms with Crippen molar-refractivity contribution in [3.63, 3.8) is 0 Å². The first kappa shape index (κ1) is 19.2. The molecule has 0 atom stereocenters. The molecule has 0 unspecified atom stereocenters. The van der Waals surface area contributed by atoms with Crippen molar-refractivity contribution in [2.75, 3.05) is 5.32 Å². The summed E-state index contributed by atoms with van der Waals surface area (Å²) in [6.45, 7) is 10.3. The van der Waals surface area contributed by atoms with Gasteiger partial charge in [0, 0.05) is 11.5 Å². The van der Waals surface area contributed by atoms with Gasteiger partial charge in [-0.2, -0.15) is 0 Å². The van der Waals surface area contributed by atoms with E-state index in [9.17, 15) is 4.79 Å². The molecule has 148 valence electrons. The quantitative estimate of drug-likeness (QED) is 0.804. The van der Waals surface area contributed by atoms with Gasteiger partial charge in [0.2, 0.25) is 5.91 Å². The summed E-state index contributed by atoms with van der Waals surface area (Å²) in [7, 11) is -0.398. The fourth-order valence-electron chi connectivity index (χ4n) is 3.20. The molecule has 2 heterocycles. The summed E-state index contributed by atoms with van der Waals surface area (Å²) in [6, 6.07) is 9.59. The van der Waals surface area contributed by atoms with Crippen LogP contribution in [0.2, 0.25) is 0 Å². The Bertz CT molecular complexity index is 868. The van der Waals surface area contributed by atoms with E-state index >= 15 is 0 Å². The molecule has 7 heteroatoms. The van der Waals surface area contributed by atoms with E-state index in [2.05, 4.69) is 17.4 Å². The summed E-state index contributed by atoms with van der Waals surface area (Å²) < 4.78 is 17.5. The molecular formula is C21H27BN2O4.